The zero-order chi connectivity index (χ0) is 15.4. The normalized spacial score (nSPS) is 18.5. The number of likely N-dealkylation sites (N-methyl/N-ethyl adjacent to an activating group) is 1. The first-order valence-electron chi connectivity index (χ1n) is 7.84. The second-order valence-corrected chi connectivity index (χ2v) is 5.92. The van der Waals surface area contributed by atoms with Gasteiger partial charge >= 0.3 is 0 Å². The zero-order valence-electron chi connectivity index (χ0n) is 12.8. The monoisotopic (exact) mass is 316 g/mol. The summed E-state index contributed by atoms with van der Waals surface area (Å²) in [6, 6.07) is 12.6. The van der Waals surface area contributed by atoms with E-state index in [0.717, 1.165) is 30.2 Å². The molecule has 1 saturated heterocycles. The number of nitrogens with zero attached hydrogens (tertiary/aromatic N) is 3. The molecular formula is C17H21ClN4. The van der Waals surface area contributed by atoms with E-state index in [2.05, 4.69) is 27.1 Å². The van der Waals surface area contributed by atoms with Gasteiger partial charge in [0.25, 0.3) is 0 Å². The molecule has 1 aromatic heterocycles. The number of hydrogen-bond donors (Lipinski definition) is 1. The molecule has 0 amide bonds. The lowest BCUT2D eigenvalue weighted by molar-refractivity contribution is 0.277. The molecule has 2 heterocycles. The standard InChI is InChI=1S/C17H21ClN4/c1-2-22-10-6-9-14(22)12-19-16-11-15(20-17(18)21-16)13-7-4-3-5-8-13/h3-5,7-8,11,14H,2,6,9-10,12H2,1H3,(H,19,20,21)/t14-/m0/s1. The molecule has 1 N–H and O–H groups in total. The van der Waals surface area contributed by atoms with E-state index in [1.165, 1.54) is 19.4 Å². The Labute approximate surface area is 136 Å². The van der Waals surface area contributed by atoms with Crippen molar-refractivity contribution in [3.63, 3.8) is 0 Å². The molecule has 1 fully saturated rings. The molecule has 4 nitrogen and oxygen atoms in total. The van der Waals surface area contributed by atoms with Crippen LogP contribution in [0, 0.1) is 0 Å². The minimum absolute atomic E-state index is 0.280. The molecule has 1 aromatic carbocycles. The summed E-state index contributed by atoms with van der Waals surface area (Å²) in [4.78, 5) is 11.1. The first-order chi connectivity index (χ1) is 10.8. The highest BCUT2D eigenvalue weighted by Gasteiger charge is 2.22. The van der Waals surface area contributed by atoms with Gasteiger partial charge in [0.1, 0.15) is 5.82 Å². The van der Waals surface area contributed by atoms with E-state index in [0.29, 0.717) is 6.04 Å². The Morgan fingerprint density at radius 2 is 2.09 bits per heavy atom. The van der Waals surface area contributed by atoms with Crippen molar-refractivity contribution in [3.05, 3.63) is 41.7 Å². The Morgan fingerprint density at radius 1 is 1.27 bits per heavy atom. The molecule has 0 aliphatic carbocycles. The van der Waals surface area contributed by atoms with Crippen molar-refractivity contribution in [1.29, 1.82) is 0 Å². The molecule has 1 aliphatic rings. The summed E-state index contributed by atoms with van der Waals surface area (Å²) in [5.41, 5.74) is 1.90. The minimum atomic E-state index is 0.280. The van der Waals surface area contributed by atoms with Crippen LogP contribution >= 0.6 is 11.6 Å². The van der Waals surface area contributed by atoms with Crippen molar-refractivity contribution in [2.24, 2.45) is 0 Å². The minimum Gasteiger partial charge on any atom is -0.368 e. The number of nitrogens with one attached hydrogen (secondary N) is 1. The topological polar surface area (TPSA) is 41.0 Å². The fourth-order valence-corrected chi connectivity index (χ4v) is 3.21. The summed E-state index contributed by atoms with van der Waals surface area (Å²) in [7, 11) is 0. The van der Waals surface area contributed by atoms with Crippen molar-refractivity contribution >= 4 is 17.4 Å². The van der Waals surface area contributed by atoms with Gasteiger partial charge in [-0.3, -0.25) is 4.90 Å². The number of anilines is 1. The molecule has 0 radical (unpaired) electrons. The summed E-state index contributed by atoms with van der Waals surface area (Å²) in [5.74, 6) is 0.793. The van der Waals surface area contributed by atoms with Crippen LogP contribution in [0.5, 0.6) is 0 Å². The Hall–Kier alpha value is -1.65. The molecule has 0 saturated carbocycles. The molecule has 0 spiro atoms. The largest absolute Gasteiger partial charge is 0.368 e. The summed E-state index contributed by atoms with van der Waals surface area (Å²) < 4.78 is 0. The maximum atomic E-state index is 6.08. The number of hydrogen-bond acceptors (Lipinski definition) is 4. The average Bonchev–Trinajstić information content (AvgIpc) is 3.01. The van der Waals surface area contributed by atoms with Crippen molar-refractivity contribution < 1.29 is 0 Å². The van der Waals surface area contributed by atoms with Crippen molar-refractivity contribution in [1.82, 2.24) is 14.9 Å². The third kappa shape index (κ3) is 3.57. The van der Waals surface area contributed by atoms with Crippen molar-refractivity contribution in [2.75, 3.05) is 25.0 Å². The van der Waals surface area contributed by atoms with E-state index >= 15 is 0 Å². The van der Waals surface area contributed by atoms with Gasteiger partial charge in [-0.05, 0) is 37.5 Å². The maximum absolute atomic E-state index is 6.08. The van der Waals surface area contributed by atoms with Gasteiger partial charge in [0, 0.05) is 24.2 Å². The highest BCUT2D eigenvalue weighted by atomic mass is 35.5. The third-order valence-corrected chi connectivity index (χ3v) is 4.36. The number of benzene rings is 1. The van der Waals surface area contributed by atoms with Crippen LogP contribution in [0.4, 0.5) is 5.82 Å². The SMILES string of the molecule is CCN1CCC[C@H]1CNc1cc(-c2ccccc2)nc(Cl)n1. The lowest BCUT2D eigenvalue weighted by Gasteiger charge is -2.23. The van der Waals surface area contributed by atoms with Gasteiger partial charge < -0.3 is 5.32 Å². The zero-order valence-corrected chi connectivity index (χ0v) is 13.6. The molecule has 1 atom stereocenters. The predicted molar refractivity (Wildman–Crippen MR) is 91.2 cm³/mol. The predicted octanol–water partition coefficient (Wildman–Crippen LogP) is 3.69. The summed E-state index contributed by atoms with van der Waals surface area (Å²) in [5, 5.41) is 3.70. The molecule has 22 heavy (non-hydrogen) atoms. The second kappa shape index (κ2) is 7.07. The second-order valence-electron chi connectivity index (χ2n) is 5.58. The molecule has 1 aliphatic heterocycles. The van der Waals surface area contributed by atoms with E-state index in [1.54, 1.807) is 0 Å². The van der Waals surface area contributed by atoms with E-state index in [4.69, 9.17) is 11.6 Å². The van der Waals surface area contributed by atoms with Crippen LogP contribution in [-0.4, -0.2) is 40.5 Å². The van der Waals surface area contributed by atoms with Gasteiger partial charge in [-0.2, -0.15) is 0 Å². The Kier molecular flexibility index (Phi) is 4.90. The quantitative estimate of drug-likeness (QED) is 0.854. The highest BCUT2D eigenvalue weighted by Crippen LogP contribution is 2.22. The number of aromatic nitrogens is 2. The van der Waals surface area contributed by atoms with Crippen LogP contribution < -0.4 is 5.32 Å². The molecular weight excluding hydrogens is 296 g/mol. The molecule has 5 heteroatoms. The average molecular weight is 317 g/mol. The van der Waals surface area contributed by atoms with Gasteiger partial charge in [0.15, 0.2) is 0 Å². The number of halogens is 1. The molecule has 0 bridgehead atoms. The smallest absolute Gasteiger partial charge is 0.224 e. The van der Waals surface area contributed by atoms with Crippen LogP contribution in [0.15, 0.2) is 36.4 Å². The van der Waals surface area contributed by atoms with Gasteiger partial charge in [0.05, 0.1) is 5.69 Å². The number of likely N-dealkylation sites (tertiary alicyclic amines) is 1. The Balaban J connectivity index is 1.73. The maximum Gasteiger partial charge on any atom is 0.224 e. The van der Waals surface area contributed by atoms with E-state index < -0.39 is 0 Å². The fourth-order valence-electron chi connectivity index (χ4n) is 3.03. The van der Waals surface area contributed by atoms with Crippen LogP contribution in [0.1, 0.15) is 19.8 Å². The van der Waals surface area contributed by atoms with Crippen LogP contribution in [0.25, 0.3) is 11.3 Å². The van der Waals surface area contributed by atoms with Crippen LogP contribution in [0.3, 0.4) is 0 Å². The third-order valence-electron chi connectivity index (χ3n) is 4.19. The molecule has 116 valence electrons. The Bertz CT molecular complexity index is 617. The lowest BCUT2D eigenvalue weighted by atomic mass is 10.1. The molecule has 3 rings (SSSR count). The van der Waals surface area contributed by atoms with E-state index in [9.17, 15) is 0 Å². The lowest BCUT2D eigenvalue weighted by Crippen LogP contribution is -2.34. The summed E-state index contributed by atoms with van der Waals surface area (Å²) >= 11 is 6.08. The van der Waals surface area contributed by atoms with Crippen LogP contribution in [0.2, 0.25) is 5.28 Å². The van der Waals surface area contributed by atoms with Gasteiger partial charge in [-0.25, -0.2) is 9.97 Å². The van der Waals surface area contributed by atoms with E-state index in [1.807, 2.05) is 36.4 Å². The molecule has 0 unspecified atom stereocenters. The molecule has 2 aromatic rings. The van der Waals surface area contributed by atoms with Gasteiger partial charge in [0.2, 0.25) is 5.28 Å². The van der Waals surface area contributed by atoms with Gasteiger partial charge in [-0.15, -0.1) is 0 Å². The number of rotatable bonds is 5. The highest BCUT2D eigenvalue weighted by molar-refractivity contribution is 6.28. The fraction of sp³-hybridized carbons (Fsp3) is 0.412. The van der Waals surface area contributed by atoms with Crippen molar-refractivity contribution in [3.8, 4) is 11.3 Å². The summed E-state index contributed by atoms with van der Waals surface area (Å²) in [6.07, 6.45) is 2.52. The van der Waals surface area contributed by atoms with Crippen LogP contribution in [-0.2, 0) is 0 Å². The van der Waals surface area contributed by atoms with Crippen molar-refractivity contribution in [2.45, 2.75) is 25.8 Å². The first kappa shape index (κ1) is 15.3. The summed E-state index contributed by atoms with van der Waals surface area (Å²) in [6.45, 7) is 5.41. The first-order valence-corrected chi connectivity index (χ1v) is 8.22. The Morgan fingerprint density at radius 3 is 2.86 bits per heavy atom. The van der Waals surface area contributed by atoms with E-state index in [-0.39, 0.29) is 5.28 Å². The van der Waals surface area contributed by atoms with Gasteiger partial charge in [-0.1, -0.05) is 37.3 Å².